The molecule has 0 unspecified atom stereocenters. The second-order valence-corrected chi connectivity index (χ2v) is 20.7. The largest absolute Gasteiger partial charge is 0.212 e. The van der Waals surface area contributed by atoms with Crippen molar-refractivity contribution in [2.75, 3.05) is 24.0 Å². The molecule has 0 aliphatic rings. The Labute approximate surface area is 74.0 Å². The average Bonchev–Trinajstić information content (AvgIpc) is 1.64. The molecule has 0 saturated heterocycles. The Morgan fingerprint density at radius 3 is 1.60 bits per heavy atom. The van der Waals surface area contributed by atoms with Gasteiger partial charge in [-0.2, -0.15) is 0 Å². The van der Waals surface area contributed by atoms with Crippen LogP contribution in [0, 0.1) is 0 Å². The van der Waals surface area contributed by atoms with Crippen molar-refractivity contribution in [3.8, 4) is 0 Å². The summed E-state index contributed by atoms with van der Waals surface area (Å²) in [6.45, 7) is 4.37. The summed E-state index contributed by atoms with van der Waals surface area (Å²) in [6.07, 6.45) is 3.44. The molecule has 0 nitrogen and oxygen atoms in total. The molecular formula is C7H20S3. The van der Waals surface area contributed by atoms with Gasteiger partial charge in [0, 0.05) is 0 Å². The lowest BCUT2D eigenvalue weighted by Gasteiger charge is -2.66. The van der Waals surface area contributed by atoms with Crippen LogP contribution in [-0.2, 0) is 0 Å². The minimum atomic E-state index is -2.17. The highest BCUT2D eigenvalue weighted by Crippen LogP contribution is 2.91. The van der Waals surface area contributed by atoms with Gasteiger partial charge in [-0.3, -0.25) is 0 Å². The quantitative estimate of drug-likeness (QED) is 0.507. The van der Waals surface area contributed by atoms with Crippen molar-refractivity contribution in [3.05, 3.63) is 0 Å². The molecule has 0 bridgehead atoms. The normalized spacial score (nSPS) is 19.8. The average molecular weight is 200 g/mol. The summed E-state index contributed by atoms with van der Waals surface area (Å²) in [5.41, 5.74) is 0. The van der Waals surface area contributed by atoms with E-state index in [1.165, 1.54) is 6.42 Å². The van der Waals surface area contributed by atoms with Gasteiger partial charge in [-0.05, 0) is 30.4 Å². The fourth-order valence-electron chi connectivity index (χ4n) is 0.879. The molecular weight excluding hydrogens is 180 g/mol. The molecule has 0 radical (unpaired) electrons. The summed E-state index contributed by atoms with van der Waals surface area (Å²) in [5, 5.41) is 0. The van der Waals surface area contributed by atoms with Crippen LogP contribution in [-0.4, -0.2) is 24.0 Å². The first-order valence-corrected chi connectivity index (χ1v) is 9.38. The van der Waals surface area contributed by atoms with Crippen LogP contribution in [0.5, 0.6) is 0 Å². The summed E-state index contributed by atoms with van der Waals surface area (Å²) in [7, 11) is 0. The number of rotatable bonds is 3. The van der Waals surface area contributed by atoms with Crippen molar-refractivity contribution in [2.24, 2.45) is 0 Å². The predicted octanol–water partition coefficient (Wildman–Crippen LogP) is 3.24. The first-order chi connectivity index (χ1) is 4.12. The SMILES string of the molecule is CCCS(C)(C)(S)(S)CC. The van der Waals surface area contributed by atoms with Gasteiger partial charge in [0.2, 0.25) is 0 Å². The number of thiol groups is 2. The second-order valence-electron chi connectivity index (χ2n) is 4.09. The lowest BCUT2D eigenvalue weighted by molar-refractivity contribution is 1.09. The maximum Gasteiger partial charge on any atom is -0.0203 e. The molecule has 10 heavy (non-hydrogen) atoms. The van der Waals surface area contributed by atoms with E-state index in [1.54, 1.807) is 0 Å². The lowest BCUT2D eigenvalue weighted by atomic mass is 10.6. The second kappa shape index (κ2) is 2.27. The summed E-state index contributed by atoms with van der Waals surface area (Å²) >= 11 is 9.52. The van der Waals surface area contributed by atoms with Gasteiger partial charge in [0.15, 0.2) is 0 Å². The van der Waals surface area contributed by atoms with E-state index in [2.05, 4.69) is 26.4 Å². The van der Waals surface area contributed by atoms with Gasteiger partial charge < -0.3 is 0 Å². The van der Waals surface area contributed by atoms with Crippen LogP contribution in [0.2, 0.25) is 0 Å². The minimum absolute atomic E-state index is 1.08. The highest BCUT2D eigenvalue weighted by molar-refractivity contribution is 9.35. The first kappa shape index (κ1) is 11.1. The third-order valence-electron chi connectivity index (χ3n) is 1.98. The summed E-state index contributed by atoms with van der Waals surface area (Å²) in [5.74, 6) is 2.22. The molecule has 3 heteroatoms. The van der Waals surface area contributed by atoms with E-state index in [-0.39, 0.29) is 0 Å². The fourth-order valence-corrected chi connectivity index (χ4v) is 3.73. The lowest BCUT2D eigenvalue weighted by Crippen LogP contribution is -2.26. The molecule has 0 atom stereocenters. The summed E-state index contributed by atoms with van der Waals surface area (Å²) < 4.78 is 0. The van der Waals surface area contributed by atoms with Gasteiger partial charge in [0.1, 0.15) is 0 Å². The zero-order valence-electron chi connectivity index (χ0n) is 7.42. The van der Waals surface area contributed by atoms with E-state index in [0.717, 1.165) is 11.5 Å². The van der Waals surface area contributed by atoms with Crippen LogP contribution in [0.25, 0.3) is 0 Å². The van der Waals surface area contributed by atoms with Crippen LogP contribution in [0.4, 0.5) is 0 Å². The highest BCUT2D eigenvalue weighted by atomic mass is 33.6. The van der Waals surface area contributed by atoms with Gasteiger partial charge in [0.25, 0.3) is 0 Å². The molecule has 0 aliphatic carbocycles. The Hall–Kier alpha value is 1.05. The summed E-state index contributed by atoms with van der Waals surface area (Å²) in [4.78, 5) is 0. The van der Waals surface area contributed by atoms with Crippen LogP contribution < -0.4 is 0 Å². The maximum atomic E-state index is 4.76. The topological polar surface area (TPSA) is 0 Å². The molecule has 0 N–H and O–H groups in total. The van der Waals surface area contributed by atoms with Crippen LogP contribution >= 0.6 is 29.7 Å². The van der Waals surface area contributed by atoms with E-state index < -0.39 is 6.36 Å². The van der Waals surface area contributed by atoms with Crippen molar-refractivity contribution in [1.29, 1.82) is 0 Å². The Morgan fingerprint density at radius 2 is 1.50 bits per heavy atom. The van der Waals surface area contributed by atoms with Crippen molar-refractivity contribution < 1.29 is 0 Å². The fraction of sp³-hybridized carbons (Fsp3) is 1.00. The highest BCUT2D eigenvalue weighted by Gasteiger charge is 2.41. The van der Waals surface area contributed by atoms with Gasteiger partial charge in [-0.25, -0.2) is 6.36 Å². The monoisotopic (exact) mass is 200 g/mol. The molecule has 0 aromatic rings. The van der Waals surface area contributed by atoms with Crippen molar-refractivity contribution in [3.63, 3.8) is 0 Å². The Bertz CT molecular complexity index is 127. The molecule has 0 aromatic heterocycles. The van der Waals surface area contributed by atoms with E-state index in [9.17, 15) is 0 Å². The molecule has 0 saturated carbocycles. The zero-order valence-corrected chi connectivity index (χ0v) is 10.0. The van der Waals surface area contributed by atoms with E-state index >= 15 is 0 Å². The zero-order chi connectivity index (χ0) is 8.53. The number of hydrogen-bond acceptors (Lipinski definition) is 2. The predicted molar refractivity (Wildman–Crippen MR) is 63.1 cm³/mol. The molecule has 0 fully saturated rings. The Morgan fingerprint density at radius 1 is 1.10 bits per heavy atom. The van der Waals surface area contributed by atoms with Crippen LogP contribution in [0.15, 0.2) is 0 Å². The van der Waals surface area contributed by atoms with Gasteiger partial charge >= 0.3 is 0 Å². The maximum absolute atomic E-state index is 4.76. The van der Waals surface area contributed by atoms with Crippen molar-refractivity contribution in [1.82, 2.24) is 0 Å². The van der Waals surface area contributed by atoms with Crippen LogP contribution in [0.1, 0.15) is 20.3 Å². The van der Waals surface area contributed by atoms with Gasteiger partial charge in [-0.1, -0.05) is 13.8 Å². The Balaban J connectivity index is 4.55. The standard InChI is InChI=1S/C7H20S3/c1-5-7-10(3,4,8,9)6-2/h8-9H,5-7H2,1-4H3. The van der Waals surface area contributed by atoms with Gasteiger partial charge in [-0.15, -0.1) is 23.3 Å². The smallest absolute Gasteiger partial charge is 0.0203 e. The first-order valence-electron chi connectivity index (χ1n) is 3.67. The number of hydrogen-bond donors (Lipinski definition) is 2. The molecule has 0 rings (SSSR count). The minimum Gasteiger partial charge on any atom is -0.212 e. The van der Waals surface area contributed by atoms with Crippen molar-refractivity contribution >= 4 is 29.7 Å². The van der Waals surface area contributed by atoms with Crippen LogP contribution in [0.3, 0.4) is 0 Å². The summed E-state index contributed by atoms with van der Waals surface area (Å²) in [6, 6.07) is 0. The molecule has 0 aliphatic heterocycles. The van der Waals surface area contributed by atoms with Crippen molar-refractivity contribution in [2.45, 2.75) is 20.3 Å². The molecule has 0 heterocycles. The molecule has 0 amide bonds. The molecule has 0 spiro atoms. The Kier molecular flexibility index (Phi) is 2.51. The van der Waals surface area contributed by atoms with Gasteiger partial charge in [0.05, 0.1) is 0 Å². The third kappa shape index (κ3) is 4.04. The van der Waals surface area contributed by atoms with E-state index in [4.69, 9.17) is 23.3 Å². The van der Waals surface area contributed by atoms with E-state index in [0.29, 0.717) is 0 Å². The van der Waals surface area contributed by atoms with E-state index in [1.807, 2.05) is 0 Å². The molecule has 66 valence electrons. The third-order valence-corrected chi connectivity index (χ3v) is 8.58. The molecule has 0 aromatic carbocycles.